The second-order valence-electron chi connectivity index (χ2n) is 8.90. The van der Waals surface area contributed by atoms with Crippen molar-refractivity contribution in [2.45, 2.75) is 31.9 Å². The molecule has 4 aromatic heterocycles. The number of H-pyrrole nitrogens is 1. The van der Waals surface area contributed by atoms with Gasteiger partial charge in [-0.15, -0.1) is 11.3 Å². The first kappa shape index (κ1) is 23.6. The summed E-state index contributed by atoms with van der Waals surface area (Å²) in [4.78, 5) is 17.1. The zero-order valence-corrected chi connectivity index (χ0v) is 22.0. The number of thiazole rings is 1. The van der Waals surface area contributed by atoms with Gasteiger partial charge in [0.15, 0.2) is 21.3 Å². The SMILES string of the molecule is Cc1csc(-c2ccc(Nc3cc(Nc4cc5n(n4)CCOC5)nc4[nH]c(C)nc34)c(S(C)(=O)=O)c2)n1. The number of nitrogens with zero attached hydrogens (tertiary/aromatic N) is 5. The second-order valence-corrected chi connectivity index (χ2v) is 11.7. The lowest BCUT2D eigenvalue weighted by Gasteiger charge is -2.14. The minimum Gasteiger partial charge on any atom is -0.373 e. The van der Waals surface area contributed by atoms with Crippen LogP contribution in [0.25, 0.3) is 21.7 Å². The van der Waals surface area contributed by atoms with Gasteiger partial charge in [-0.25, -0.2) is 23.4 Å². The van der Waals surface area contributed by atoms with Crippen molar-refractivity contribution in [2.75, 3.05) is 23.5 Å². The number of rotatable bonds is 6. The molecule has 3 N–H and O–H groups in total. The number of aromatic amines is 1. The van der Waals surface area contributed by atoms with Gasteiger partial charge in [-0.1, -0.05) is 0 Å². The van der Waals surface area contributed by atoms with Crippen molar-refractivity contribution < 1.29 is 13.2 Å². The van der Waals surface area contributed by atoms with E-state index in [0.29, 0.717) is 59.8 Å². The van der Waals surface area contributed by atoms with E-state index in [2.05, 4.69) is 35.7 Å². The smallest absolute Gasteiger partial charge is 0.177 e. The topological polar surface area (TPSA) is 140 Å². The number of sulfone groups is 1. The summed E-state index contributed by atoms with van der Waals surface area (Å²) in [7, 11) is -3.56. The maximum atomic E-state index is 12.8. The molecule has 190 valence electrons. The van der Waals surface area contributed by atoms with Gasteiger partial charge >= 0.3 is 0 Å². The van der Waals surface area contributed by atoms with Crippen molar-refractivity contribution in [1.82, 2.24) is 29.7 Å². The van der Waals surface area contributed by atoms with Crippen LogP contribution in [0.5, 0.6) is 0 Å². The van der Waals surface area contributed by atoms with Crippen molar-refractivity contribution in [3.63, 3.8) is 0 Å². The van der Waals surface area contributed by atoms with Gasteiger partial charge in [0.1, 0.15) is 22.2 Å². The van der Waals surface area contributed by atoms with Crippen LogP contribution in [0.2, 0.25) is 0 Å². The normalized spacial score (nSPS) is 13.6. The first-order valence-corrected chi connectivity index (χ1v) is 14.3. The molecule has 11 nitrogen and oxygen atoms in total. The molecule has 0 radical (unpaired) electrons. The fraction of sp³-hybridized carbons (Fsp3) is 0.250. The van der Waals surface area contributed by atoms with Gasteiger partial charge in [0.2, 0.25) is 0 Å². The van der Waals surface area contributed by atoms with E-state index in [1.807, 2.05) is 36.0 Å². The highest BCUT2D eigenvalue weighted by Crippen LogP contribution is 2.34. The summed E-state index contributed by atoms with van der Waals surface area (Å²) in [6, 6.07) is 8.99. The molecule has 0 saturated heterocycles. The van der Waals surface area contributed by atoms with Crippen LogP contribution in [-0.4, -0.2) is 51.0 Å². The minimum atomic E-state index is -3.56. The molecule has 1 aliphatic heterocycles. The zero-order valence-electron chi connectivity index (χ0n) is 20.4. The van der Waals surface area contributed by atoms with Gasteiger partial charge in [-0.05, 0) is 32.0 Å². The summed E-state index contributed by atoms with van der Waals surface area (Å²) in [5.41, 5.74) is 4.82. The lowest BCUT2D eigenvalue weighted by molar-refractivity contribution is 0.0801. The van der Waals surface area contributed by atoms with Gasteiger partial charge in [-0.3, -0.25) is 4.68 Å². The van der Waals surface area contributed by atoms with E-state index in [0.717, 1.165) is 22.0 Å². The lowest BCUT2D eigenvalue weighted by atomic mass is 10.2. The molecule has 0 aliphatic carbocycles. The molecule has 0 bridgehead atoms. The molecular formula is C24H24N8O3S2. The number of ether oxygens (including phenoxy) is 1. The molecule has 5 heterocycles. The monoisotopic (exact) mass is 536 g/mol. The number of aromatic nitrogens is 6. The molecule has 1 aliphatic rings. The van der Waals surface area contributed by atoms with Crippen LogP contribution in [0.1, 0.15) is 17.2 Å². The largest absolute Gasteiger partial charge is 0.373 e. The Morgan fingerprint density at radius 3 is 2.68 bits per heavy atom. The molecule has 0 fully saturated rings. The highest BCUT2D eigenvalue weighted by molar-refractivity contribution is 7.90. The third-order valence-corrected chi connectivity index (χ3v) is 8.05. The molecule has 0 amide bonds. The number of pyridine rings is 1. The third-order valence-electron chi connectivity index (χ3n) is 5.90. The van der Waals surface area contributed by atoms with Crippen LogP contribution in [0.4, 0.5) is 23.0 Å². The first-order chi connectivity index (χ1) is 17.7. The molecule has 37 heavy (non-hydrogen) atoms. The Morgan fingerprint density at radius 2 is 1.92 bits per heavy atom. The van der Waals surface area contributed by atoms with E-state index >= 15 is 0 Å². The van der Waals surface area contributed by atoms with Crippen molar-refractivity contribution in [3.05, 3.63) is 52.9 Å². The van der Waals surface area contributed by atoms with E-state index in [1.165, 1.54) is 17.6 Å². The van der Waals surface area contributed by atoms with Crippen molar-refractivity contribution in [3.8, 4) is 10.6 Å². The Balaban J connectivity index is 1.40. The molecule has 13 heteroatoms. The van der Waals surface area contributed by atoms with E-state index < -0.39 is 9.84 Å². The van der Waals surface area contributed by atoms with Crippen LogP contribution >= 0.6 is 11.3 Å². The fourth-order valence-corrected chi connectivity index (χ4v) is 5.90. The molecule has 0 spiro atoms. The average molecular weight is 537 g/mol. The summed E-state index contributed by atoms with van der Waals surface area (Å²) in [6.45, 7) is 5.59. The standard InChI is InChI=1S/C24H24N8O3S2/c1-13-12-36-24(25-13)15-4-5-17(19(8-15)37(3,33)34)28-18-10-20(30-23-22(18)26-14(2)27-23)29-21-9-16-11-35-7-6-32(16)31-21/h4-5,8-10,12H,6-7,11H2,1-3H3,(H3,26,27,28,29,30,31). The predicted octanol–water partition coefficient (Wildman–Crippen LogP) is 4.32. The van der Waals surface area contributed by atoms with Gasteiger partial charge in [0.05, 0.1) is 41.7 Å². The summed E-state index contributed by atoms with van der Waals surface area (Å²) >= 11 is 1.48. The van der Waals surface area contributed by atoms with Crippen LogP contribution in [0, 0.1) is 13.8 Å². The number of hydrogen-bond acceptors (Lipinski definition) is 10. The Morgan fingerprint density at radius 1 is 1.05 bits per heavy atom. The summed E-state index contributed by atoms with van der Waals surface area (Å²) < 4.78 is 33.0. The molecule has 1 aromatic carbocycles. The van der Waals surface area contributed by atoms with Gasteiger partial charge in [-0.2, -0.15) is 5.10 Å². The molecule has 0 atom stereocenters. The summed E-state index contributed by atoms with van der Waals surface area (Å²) in [5.74, 6) is 1.87. The number of nitrogens with one attached hydrogen (secondary N) is 3. The molecule has 5 aromatic rings. The maximum Gasteiger partial charge on any atom is 0.177 e. The van der Waals surface area contributed by atoms with Gasteiger partial charge < -0.3 is 20.4 Å². The lowest BCUT2D eigenvalue weighted by Crippen LogP contribution is -2.16. The van der Waals surface area contributed by atoms with E-state index in [4.69, 9.17) is 4.74 Å². The van der Waals surface area contributed by atoms with Crippen molar-refractivity contribution >= 4 is 55.3 Å². The number of aryl methyl sites for hydroxylation is 2. The average Bonchev–Trinajstić information content (AvgIpc) is 3.56. The molecule has 0 saturated carbocycles. The quantitative estimate of drug-likeness (QED) is 0.289. The van der Waals surface area contributed by atoms with Crippen LogP contribution < -0.4 is 10.6 Å². The Kier molecular flexibility index (Phi) is 5.70. The van der Waals surface area contributed by atoms with E-state index in [1.54, 1.807) is 18.2 Å². The Labute approximate surface area is 216 Å². The molecule has 0 unspecified atom stereocenters. The number of anilines is 4. The predicted molar refractivity (Wildman–Crippen MR) is 142 cm³/mol. The second kappa shape index (κ2) is 8.94. The maximum absolute atomic E-state index is 12.8. The minimum absolute atomic E-state index is 0.173. The fourth-order valence-electron chi connectivity index (χ4n) is 4.25. The number of hydrogen-bond donors (Lipinski definition) is 3. The van der Waals surface area contributed by atoms with Crippen molar-refractivity contribution in [1.29, 1.82) is 0 Å². The zero-order chi connectivity index (χ0) is 25.7. The van der Waals surface area contributed by atoms with Gasteiger partial charge in [0, 0.05) is 35.0 Å². The number of fused-ring (bicyclic) bond motifs is 2. The Hall–Kier alpha value is -3.81. The van der Waals surface area contributed by atoms with Crippen LogP contribution in [0.15, 0.2) is 40.6 Å². The van der Waals surface area contributed by atoms with Crippen LogP contribution in [0.3, 0.4) is 0 Å². The molecule has 6 rings (SSSR count). The number of benzene rings is 1. The van der Waals surface area contributed by atoms with Crippen LogP contribution in [-0.2, 0) is 27.7 Å². The first-order valence-electron chi connectivity index (χ1n) is 11.6. The van der Waals surface area contributed by atoms with E-state index in [9.17, 15) is 8.42 Å². The van der Waals surface area contributed by atoms with Crippen molar-refractivity contribution in [2.24, 2.45) is 0 Å². The van der Waals surface area contributed by atoms with E-state index in [-0.39, 0.29) is 4.90 Å². The molecular weight excluding hydrogens is 512 g/mol. The number of imidazole rings is 1. The third kappa shape index (κ3) is 4.68. The highest BCUT2D eigenvalue weighted by atomic mass is 32.2. The van der Waals surface area contributed by atoms with Gasteiger partial charge in [0.25, 0.3) is 0 Å². The highest BCUT2D eigenvalue weighted by Gasteiger charge is 2.19. The summed E-state index contributed by atoms with van der Waals surface area (Å²) in [5, 5.41) is 13.8. The Bertz CT molecular complexity index is 1730. The summed E-state index contributed by atoms with van der Waals surface area (Å²) in [6.07, 6.45) is 1.20.